The zero-order chi connectivity index (χ0) is 19.4. The smallest absolute Gasteiger partial charge is 0.332 e. The fourth-order valence-electron chi connectivity index (χ4n) is 9.65. The van der Waals surface area contributed by atoms with E-state index in [4.69, 9.17) is 0 Å². The molecule has 1 N–H and O–H groups in total. The van der Waals surface area contributed by atoms with Crippen LogP contribution in [0.3, 0.4) is 0 Å². The van der Waals surface area contributed by atoms with Crippen molar-refractivity contribution in [2.45, 2.75) is 86.0 Å². The lowest BCUT2D eigenvalue weighted by Gasteiger charge is -2.49. The van der Waals surface area contributed by atoms with Crippen molar-refractivity contribution in [3.63, 3.8) is 0 Å². The Morgan fingerprint density at radius 3 is 2.48 bits per heavy atom. The summed E-state index contributed by atoms with van der Waals surface area (Å²) in [5.74, 6) is 3.47. The molecule has 1 spiro atoms. The van der Waals surface area contributed by atoms with E-state index in [2.05, 4.69) is 34.6 Å². The van der Waals surface area contributed by atoms with E-state index in [0.29, 0.717) is 29.1 Å². The maximum Gasteiger partial charge on any atom is 0.332 e. The van der Waals surface area contributed by atoms with Crippen LogP contribution in [-0.4, -0.2) is 11.1 Å². The van der Waals surface area contributed by atoms with Gasteiger partial charge in [0.05, 0.1) is 0 Å². The monoisotopic (exact) mass is 370 g/mol. The molecule has 2 heteroatoms. The molecule has 0 radical (unpaired) electrons. The van der Waals surface area contributed by atoms with Gasteiger partial charge in [0.2, 0.25) is 0 Å². The topological polar surface area (TPSA) is 37.3 Å². The number of allylic oxidation sites excluding steroid dienone is 1. The summed E-state index contributed by atoms with van der Waals surface area (Å²) in [5.41, 5.74) is 2.97. The number of hydrogen-bond acceptors (Lipinski definition) is 1. The second-order valence-corrected chi connectivity index (χ2v) is 11.9. The van der Waals surface area contributed by atoms with Crippen molar-refractivity contribution in [3.05, 3.63) is 11.1 Å². The van der Waals surface area contributed by atoms with Crippen LogP contribution in [0.25, 0.3) is 0 Å². The largest absolute Gasteiger partial charge is 0.478 e. The maximum atomic E-state index is 12.7. The number of carboxylic acids is 1. The molecule has 0 saturated heterocycles. The van der Waals surface area contributed by atoms with Crippen molar-refractivity contribution >= 4 is 5.97 Å². The third-order valence-corrected chi connectivity index (χ3v) is 10.9. The molecule has 2 nitrogen and oxygen atoms in total. The summed E-state index contributed by atoms with van der Waals surface area (Å²) in [6.07, 6.45) is 9.92. The molecule has 0 unspecified atom stereocenters. The van der Waals surface area contributed by atoms with Gasteiger partial charge in [-0.1, -0.05) is 40.2 Å². The van der Waals surface area contributed by atoms with Crippen LogP contribution in [0.1, 0.15) is 86.0 Å². The number of aliphatic carboxylic acids is 1. The second-order valence-electron chi connectivity index (χ2n) is 11.9. The first-order chi connectivity index (χ1) is 12.7. The molecule has 5 rings (SSSR count). The van der Waals surface area contributed by atoms with E-state index in [1.807, 2.05) is 0 Å². The molecule has 5 aliphatic carbocycles. The lowest BCUT2D eigenvalue weighted by atomic mass is 9.54. The molecule has 4 fully saturated rings. The third kappa shape index (κ3) is 1.96. The molecule has 150 valence electrons. The van der Waals surface area contributed by atoms with Crippen molar-refractivity contribution in [2.24, 2.45) is 51.8 Å². The van der Waals surface area contributed by atoms with Crippen molar-refractivity contribution < 1.29 is 9.90 Å². The fraction of sp³-hybridized carbons (Fsp3) is 0.880. The molecule has 4 saturated carbocycles. The van der Waals surface area contributed by atoms with Crippen LogP contribution < -0.4 is 0 Å². The van der Waals surface area contributed by atoms with Crippen LogP contribution in [0.4, 0.5) is 0 Å². The Morgan fingerprint density at radius 1 is 1.07 bits per heavy atom. The highest BCUT2D eigenvalue weighted by atomic mass is 16.4. The van der Waals surface area contributed by atoms with Gasteiger partial charge in [-0.05, 0) is 97.7 Å². The highest BCUT2D eigenvalue weighted by Gasteiger charge is 2.72. The number of rotatable bonds is 2. The Kier molecular flexibility index (Phi) is 3.66. The number of carboxylic acid groups (broad SMARTS) is 1. The van der Waals surface area contributed by atoms with Gasteiger partial charge in [0, 0.05) is 11.0 Å². The minimum atomic E-state index is -0.567. The number of fused-ring (bicyclic) bond motifs is 3. The van der Waals surface area contributed by atoms with E-state index in [1.165, 1.54) is 44.1 Å². The summed E-state index contributed by atoms with van der Waals surface area (Å²) >= 11 is 0. The zero-order valence-electron chi connectivity index (χ0n) is 18.0. The van der Waals surface area contributed by atoms with Crippen molar-refractivity contribution in [3.8, 4) is 0 Å². The zero-order valence-corrected chi connectivity index (χ0v) is 18.0. The fourth-order valence-corrected chi connectivity index (χ4v) is 9.65. The number of hydrogen-bond donors (Lipinski definition) is 1. The summed E-state index contributed by atoms with van der Waals surface area (Å²) in [5, 5.41) is 10.5. The Labute approximate surface area is 165 Å². The van der Waals surface area contributed by atoms with Gasteiger partial charge in [-0.15, -0.1) is 0 Å². The van der Waals surface area contributed by atoms with Gasteiger partial charge in [0.1, 0.15) is 0 Å². The molecule has 5 aliphatic rings. The van der Waals surface area contributed by atoms with Crippen molar-refractivity contribution in [1.29, 1.82) is 0 Å². The minimum absolute atomic E-state index is 0.0133. The highest BCUT2D eigenvalue weighted by molar-refractivity contribution is 5.91. The first-order valence-electron chi connectivity index (χ1n) is 11.6. The van der Waals surface area contributed by atoms with Gasteiger partial charge in [-0.25, -0.2) is 4.79 Å². The quantitative estimate of drug-likeness (QED) is 0.618. The van der Waals surface area contributed by atoms with E-state index in [1.54, 1.807) is 0 Å². The van der Waals surface area contributed by atoms with Gasteiger partial charge in [0.25, 0.3) is 0 Å². The first kappa shape index (κ1) is 18.3. The Morgan fingerprint density at radius 2 is 1.81 bits per heavy atom. The number of carbonyl (C=O) groups is 1. The SMILES string of the molecule is CC(C)[C@@H]1CC[C@]2(C)C[C@H]3C(=C(C(=O)O)[C@@]45CC[C@@H](C)[C@@H]4CC[C@@]35C)C[C@@H]12. The molecule has 0 heterocycles. The molecule has 0 amide bonds. The van der Waals surface area contributed by atoms with Crippen LogP contribution in [-0.2, 0) is 4.79 Å². The van der Waals surface area contributed by atoms with Crippen molar-refractivity contribution in [1.82, 2.24) is 0 Å². The molecular weight excluding hydrogens is 332 g/mol. The molecular formula is C25H38O2. The molecule has 0 aliphatic heterocycles. The standard InChI is InChI=1S/C25H38O2/c1-14(2)16-7-9-23(4)13-20-17(12-19(16)23)21(22(26)27)25-11-6-15(3)18(25)8-10-24(20,25)5/h14-16,18-20H,6-13H2,1-5H3,(H,26,27)/t15-,16+,18+,19+,20+,23-,24+,25-/m1/s1. The Bertz CT molecular complexity index is 720. The van der Waals surface area contributed by atoms with Crippen LogP contribution in [0.5, 0.6) is 0 Å². The maximum absolute atomic E-state index is 12.7. The summed E-state index contributed by atoms with van der Waals surface area (Å²) < 4.78 is 0. The van der Waals surface area contributed by atoms with Crippen LogP contribution in [0, 0.1) is 51.8 Å². The van der Waals surface area contributed by atoms with Gasteiger partial charge < -0.3 is 5.11 Å². The Hall–Kier alpha value is -0.790. The molecule has 8 atom stereocenters. The lowest BCUT2D eigenvalue weighted by Crippen LogP contribution is -2.43. The summed E-state index contributed by atoms with van der Waals surface area (Å²) in [4.78, 5) is 12.7. The average Bonchev–Trinajstić information content (AvgIpc) is 3.23. The van der Waals surface area contributed by atoms with E-state index >= 15 is 0 Å². The third-order valence-electron chi connectivity index (χ3n) is 10.9. The lowest BCUT2D eigenvalue weighted by molar-refractivity contribution is -0.135. The normalized spacial score (nSPS) is 53.5. The molecule has 0 bridgehead atoms. The Balaban J connectivity index is 1.66. The molecule has 27 heavy (non-hydrogen) atoms. The molecule has 0 aromatic heterocycles. The van der Waals surface area contributed by atoms with Gasteiger partial charge >= 0.3 is 5.97 Å². The molecule has 0 aromatic carbocycles. The minimum Gasteiger partial charge on any atom is -0.478 e. The van der Waals surface area contributed by atoms with Crippen molar-refractivity contribution in [2.75, 3.05) is 0 Å². The first-order valence-corrected chi connectivity index (χ1v) is 11.6. The van der Waals surface area contributed by atoms with E-state index in [-0.39, 0.29) is 10.8 Å². The van der Waals surface area contributed by atoms with E-state index < -0.39 is 5.97 Å². The predicted octanol–water partition coefficient (Wildman–Crippen LogP) is 6.31. The van der Waals surface area contributed by atoms with Gasteiger partial charge in [-0.2, -0.15) is 0 Å². The summed E-state index contributed by atoms with van der Waals surface area (Å²) in [6, 6.07) is 0. The predicted molar refractivity (Wildman–Crippen MR) is 108 cm³/mol. The van der Waals surface area contributed by atoms with Gasteiger partial charge in [-0.3, -0.25) is 0 Å². The summed E-state index contributed by atoms with van der Waals surface area (Å²) in [6.45, 7) is 12.2. The second kappa shape index (κ2) is 5.42. The van der Waals surface area contributed by atoms with Crippen LogP contribution in [0.15, 0.2) is 11.1 Å². The van der Waals surface area contributed by atoms with E-state index in [0.717, 1.165) is 30.3 Å². The highest BCUT2D eigenvalue weighted by Crippen LogP contribution is 2.79. The van der Waals surface area contributed by atoms with Crippen LogP contribution in [0.2, 0.25) is 0 Å². The summed E-state index contributed by atoms with van der Waals surface area (Å²) in [7, 11) is 0. The van der Waals surface area contributed by atoms with Gasteiger partial charge in [0.15, 0.2) is 0 Å². The average molecular weight is 371 g/mol. The van der Waals surface area contributed by atoms with E-state index in [9.17, 15) is 9.90 Å². The van der Waals surface area contributed by atoms with Crippen LogP contribution >= 0.6 is 0 Å². The molecule has 0 aromatic rings.